The van der Waals surface area contributed by atoms with Crippen molar-refractivity contribution in [3.05, 3.63) is 59.7 Å². The van der Waals surface area contributed by atoms with Crippen molar-refractivity contribution in [2.24, 2.45) is 0 Å². The summed E-state index contributed by atoms with van der Waals surface area (Å²) in [5.41, 5.74) is 0.210. The molecule has 132 valence electrons. The molecular weight excluding hydrogens is 335 g/mol. The number of methoxy groups -OCH3 is 2. The van der Waals surface area contributed by atoms with E-state index in [1.54, 1.807) is 18.2 Å². The van der Waals surface area contributed by atoms with Gasteiger partial charge in [0, 0.05) is 30.0 Å². The molecule has 0 heterocycles. The molecule has 2 aromatic carbocycles. The fourth-order valence-electron chi connectivity index (χ4n) is 2.02. The Balaban J connectivity index is 2.06. The van der Waals surface area contributed by atoms with Gasteiger partial charge in [-0.3, -0.25) is 4.79 Å². The summed E-state index contributed by atoms with van der Waals surface area (Å²) in [6, 6.07) is 9.41. The average molecular weight is 351 g/mol. The molecule has 1 amide bonds. The highest BCUT2D eigenvalue weighted by atomic mass is 19.4. The standard InChI is InChI=1S/C18H16F3NO3/c1-24-15-9-14(10-16(11-15)25-2)22-17(23)8-5-12-3-6-13(7-4-12)18(19,20)21/h3-11H,1-2H3,(H,22,23)/b8-5+. The number of halogens is 3. The van der Waals surface area contributed by atoms with Gasteiger partial charge in [-0.15, -0.1) is 0 Å². The average Bonchev–Trinajstić information content (AvgIpc) is 2.59. The largest absolute Gasteiger partial charge is 0.497 e. The Labute approximate surface area is 142 Å². The first kappa shape index (κ1) is 18.4. The number of alkyl halides is 3. The van der Waals surface area contributed by atoms with Crippen LogP contribution < -0.4 is 14.8 Å². The molecule has 0 aliphatic carbocycles. The number of nitrogens with one attached hydrogen (secondary N) is 1. The van der Waals surface area contributed by atoms with Gasteiger partial charge in [-0.1, -0.05) is 12.1 Å². The molecule has 4 nitrogen and oxygen atoms in total. The second-order valence-electron chi connectivity index (χ2n) is 5.04. The Bertz CT molecular complexity index is 746. The van der Waals surface area contributed by atoms with Gasteiger partial charge in [0.1, 0.15) is 11.5 Å². The Morgan fingerprint density at radius 1 is 1.00 bits per heavy atom. The van der Waals surface area contributed by atoms with E-state index in [-0.39, 0.29) is 0 Å². The molecule has 0 spiro atoms. The number of hydrogen-bond donors (Lipinski definition) is 1. The van der Waals surface area contributed by atoms with Gasteiger partial charge in [-0.05, 0) is 23.8 Å². The van der Waals surface area contributed by atoms with Crippen molar-refractivity contribution in [3.63, 3.8) is 0 Å². The lowest BCUT2D eigenvalue weighted by Crippen LogP contribution is -2.08. The molecule has 0 saturated carbocycles. The highest BCUT2D eigenvalue weighted by molar-refractivity contribution is 6.02. The topological polar surface area (TPSA) is 47.6 Å². The number of amides is 1. The van der Waals surface area contributed by atoms with E-state index in [1.165, 1.54) is 38.5 Å². The number of carbonyl (C=O) groups excluding carboxylic acids is 1. The minimum atomic E-state index is -4.38. The Morgan fingerprint density at radius 2 is 1.56 bits per heavy atom. The zero-order valence-electron chi connectivity index (χ0n) is 13.6. The predicted octanol–water partition coefficient (Wildman–Crippen LogP) is 4.37. The zero-order chi connectivity index (χ0) is 18.4. The van der Waals surface area contributed by atoms with Crippen LogP contribution in [0.5, 0.6) is 11.5 Å². The maximum atomic E-state index is 12.5. The lowest BCUT2D eigenvalue weighted by molar-refractivity contribution is -0.137. The van der Waals surface area contributed by atoms with Crippen LogP contribution in [0.4, 0.5) is 18.9 Å². The van der Waals surface area contributed by atoms with Gasteiger partial charge in [-0.2, -0.15) is 13.2 Å². The van der Waals surface area contributed by atoms with Crippen LogP contribution in [0.3, 0.4) is 0 Å². The fraction of sp³-hybridized carbons (Fsp3) is 0.167. The van der Waals surface area contributed by atoms with Crippen molar-refractivity contribution in [2.75, 3.05) is 19.5 Å². The molecule has 0 unspecified atom stereocenters. The van der Waals surface area contributed by atoms with Crippen LogP contribution >= 0.6 is 0 Å². The quantitative estimate of drug-likeness (QED) is 0.814. The second kappa shape index (κ2) is 7.74. The van der Waals surface area contributed by atoms with Gasteiger partial charge in [0.15, 0.2) is 0 Å². The molecular formula is C18H16F3NO3. The van der Waals surface area contributed by atoms with E-state index in [4.69, 9.17) is 9.47 Å². The maximum Gasteiger partial charge on any atom is 0.416 e. The van der Waals surface area contributed by atoms with Crippen LogP contribution in [0.25, 0.3) is 6.08 Å². The smallest absolute Gasteiger partial charge is 0.416 e. The number of hydrogen-bond acceptors (Lipinski definition) is 3. The van der Waals surface area contributed by atoms with Crippen LogP contribution in [0, 0.1) is 0 Å². The maximum absolute atomic E-state index is 12.5. The minimum Gasteiger partial charge on any atom is -0.497 e. The number of carbonyl (C=O) groups is 1. The summed E-state index contributed by atoms with van der Waals surface area (Å²) >= 11 is 0. The van der Waals surface area contributed by atoms with E-state index in [9.17, 15) is 18.0 Å². The predicted molar refractivity (Wildman–Crippen MR) is 88.7 cm³/mol. The number of ether oxygens (including phenoxy) is 2. The lowest BCUT2D eigenvalue weighted by atomic mass is 10.1. The van der Waals surface area contributed by atoms with E-state index < -0.39 is 17.6 Å². The highest BCUT2D eigenvalue weighted by Gasteiger charge is 2.29. The Hall–Kier alpha value is -2.96. The van der Waals surface area contributed by atoms with Crippen LogP contribution in [0.15, 0.2) is 48.5 Å². The van der Waals surface area contributed by atoms with Crippen LogP contribution in [-0.2, 0) is 11.0 Å². The molecule has 0 aromatic heterocycles. The van der Waals surface area contributed by atoms with E-state index in [2.05, 4.69) is 5.32 Å². The minimum absolute atomic E-state index is 0.435. The van der Waals surface area contributed by atoms with Crippen molar-refractivity contribution in [1.29, 1.82) is 0 Å². The normalized spacial score (nSPS) is 11.4. The monoisotopic (exact) mass is 351 g/mol. The second-order valence-corrected chi connectivity index (χ2v) is 5.04. The molecule has 2 aromatic rings. The van der Waals surface area contributed by atoms with E-state index >= 15 is 0 Å². The third kappa shape index (κ3) is 5.27. The molecule has 0 bridgehead atoms. The van der Waals surface area contributed by atoms with Gasteiger partial charge in [0.2, 0.25) is 5.91 Å². The van der Waals surface area contributed by atoms with Crippen molar-refractivity contribution in [2.45, 2.75) is 6.18 Å². The Morgan fingerprint density at radius 3 is 2.04 bits per heavy atom. The molecule has 7 heteroatoms. The first-order chi connectivity index (χ1) is 11.8. The lowest BCUT2D eigenvalue weighted by Gasteiger charge is -2.08. The molecule has 0 aliphatic heterocycles. The molecule has 25 heavy (non-hydrogen) atoms. The zero-order valence-corrected chi connectivity index (χ0v) is 13.6. The fourth-order valence-corrected chi connectivity index (χ4v) is 2.02. The summed E-state index contributed by atoms with van der Waals surface area (Å²) in [5, 5.41) is 2.63. The van der Waals surface area contributed by atoms with E-state index in [1.807, 2.05) is 0 Å². The summed E-state index contributed by atoms with van der Waals surface area (Å²) in [7, 11) is 2.98. The molecule has 0 aliphatic rings. The third-order valence-corrected chi connectivity index (χ3v) is 3.28. The van der Waals surface area contributed by atoms with Crippen molar-refractivity contribution in [3.8, 4) is 11.5 Å². The van der Waals surface area contributed by atoms with Crippen molar-refractivity contribution < 1.29 is 27.4 Å². The summed E-state index contributed by atoms with van der Waals surface area (Å²) < 4.78 is 47.7. The number of anilines is 1. The van der Waals surface area contributed by atoms with Gasteiger partial charge in [-0.25, -0.2) is 0 Å². The van der Waals surface area contributed by atoms with Crippen LogP contribution in [0.2, 0.25) is 0 Å². The molecule has 0 saturated heterocycles. The molecule has 1 N–H and O–H groups in total. The first-order valence-corrected chi connectivity index (χ1v) is 7.21. The molecule has 0 atom stereocenters. The SMILES string of the molecule is COc1cc(NC(=O)/C=C/c2ccc(C(F)(F)F)cc2)cc(OC)c1. The van der Waals surface area contributed by atoms with Crippen molar-refractivity contribution >= 4 is 17.7 Å². The third-order valence-electron chi connectivity index (χ3n) is 3.28. The van der Waals surface area contributed by atoms with Gasteiger partial charge in [0.05, 0.1) is 19.8 Å². The summed E-state index contributed by atoms with van der Waals surface area (Å²) in [4.78, 5) is 12.0. The molecule has 2 rings (SSSR count). The highest BCUT2D eigenvalue weighted by Crippen LogP contribution is 2.29. The Kier molecular flexibility index (Phi) is 5.69. The van der Waals surface area contributed by atoms with E-state index in [0.29, 0.717) is 22.7 Å². The van der Waals surface area contributed by atoms with E-state index in [0.717, 1.165) is 12.1 Å². The van der Waals surface area contributed by atoms with Gasteiger partial charge in [0.25, 0.3) is 0 Å². The summed E-state index contributed by atoms with van der Waals surface area (Å²) in [6.07, 6.45) is -1.73. The molecule has 0 radical (unpaired) electrons. The van der Waals surface area contributed by atoms with Crippen LogP contribution in [0.1, 0.15) is 11.1 Å². The van der Waals surface area contributed by atoms with Crippen LogP contribution in [-0.4, -0.2) is 20.1 Å². The molecule has 0 fully saturated rings. The number of benzene rings is 2. The first-order valence-electron chi connectivity index (χ1n) is 7.21. The van der Waals surface area contributed by atoms with Crippen molar-refractivity contribution in [1.82, 2.24) is 0 Å². The van der Waals surface area contributed by atoms with Gasteiger partial charge < -0.3 is 14.8 Å². The number of rotatable bonds is 5. The summed E-state index contributed by atoms with van der Waals surface area (Å²) in [6.45, 7) is 0. The summed E-state index contributed by atoms with van der Waals surface area (Å²) in [5.74, 6) is 0.595. The van der Waals surface area contributed by atoms with Gasteiger partial charge >= 0.3 is 6.18 Å².